The van der Waals surface area contributed by atoms with E-state index in [0.29, 0.717) is 55.6 Å². The molecule has 4 heterocycles. The van der Waals surface area contributed by atoms with Crippen LogP contribution >= 0.6 is 0 Å². The smallest absolute Gasteiger partial charge is 0.418 e. The standard InChI is InChI=1S/C24H27F3N6O4/c1-13(2)11-28-20-17-15(24(25,26)27)12-29-21(17)32-23(31-20)30-16-4-3-14(18-19(16)37-10-9-36-18)22(34)33-5-7-35-8-6-33/h3-4,12-13H,5-11H2,1-2H3,(H3,28,29,30,31,32). The molecule has 13 heteroatoms. The number of ether oxygens (including phenoxy) is 3. The molecule has 0 spiro atoms. The van der Waals surface area contributed by atoms with Crippen molar-refractivity contribution >= 4 is 34.4 Å². The normalized spacial score (nSPS) is 15.8. The van der Waals surface area contributed by atoms with E-state index in [-0.39, 0.29) is 47.8 Å². The van der Waals surface area contributed by atoms with E-state index < -0.39 is 11.7 Å². The summed E-state index contributed by atoms with van der Waals surface area (Å²) in [5.41, 5.74) is -0.0383. The molecule has 1 aromatic carbocycles. The minimum atomic E-state index is -4.57. The first-order valence-electron chi connectivity index (χ1n) is 12.0. The van der Waals surface area contributed by atoms with E-state index >= 15 is 0 Å². The van der Waals surface area contributed by atoms with Crippen LogP contribution < -0.4 is 20.1 Å². The summed E-state index contributed by atoms with van der Waals surface area (Å²) in [7, 11) is 0. The van der Waals surface area contributed by atoms with Crippen LogP contribution in [0.25, 0.3) is 11.0 Å². The van der Waals surface area contributed by atoms with Gasteiger partial charge in [-0.15, -0.1) is 0 Å². The number of fused-ring (bicyclic) bond motifs is 2. The third kappa shape index (κ3) is 5.08. The van der Waals surface area contributed by atoms with Gasteiger partial charge in [0.1, 0.15) is 24.7 Å². The third-order valence-corrected chi connectivity index (χ3v) is 5.98. The van der Waals surface area contributed by atoms with Crippen LogP contribution in [0.4, 0.5) is 30.6 Å². The summed E-state index contributed by atoms with van der Waals surface area (Å²) in [6.45, 7) is 6.72. The number of aromatic amines is 1. The number of benzene rings is 1. The van der Waals surface area contributed by atoms with Crippen LogP contribution in [0.3, 0.4) is 0 Å². The van der Waals surface area contributed by atoms with Crippen molar-refractivity contribution in [3.8, 4) is 11.5 Å². The fourth-order valence-electron chi connectivity index (χ4n) is 4.20. The Morgan fingerprint density at radius 3 is 2.54 bits per heavy atom. The number of hydrogen-bond donors (Lipinski definition) is 3. The van der Waals surface area contributed by atoms with Crippen molar-refractivity contribution < 1.29 is 32.2 Å². The summed E-state index contributed by atoms with van der Waals surface area (Å²) in [5.74, 6) is 0.696. The highest BCUT2D eigenvalue weighted by molar-refractivity contribution is 5.99. The number of alkyl halides is 3. The molecule has 0 radical (unpaired) electrons. The highest BCUT2D eigenvalue weighted by atomic mass is 19.4. The summed E-state index contributed by atoms with van der Waals surface area (Å²) < 4.78 is 57.8. The fourth-order valence-corrected chi connectivity index (χ4v) is 4.20. The van der Waals surface area contributed by atoms with Gasteiger partial charge in [0.2, 0.25) is 5.95 Å². The lowest BCUT2D eigenvalue weighted by molar-refractivity contribution is -0.136. The van der Waals surface area contributed by atoms with Crippen molar-refractivity contribution in [3.05, 3.63) is 29.5 Å². The third-order valence-electron chi connectivity index (χ3n) is 5.98. The SMILES string of the molecule is CC(C)CNc1nc(Nc2ccc(C(=O)N3CCOCC3)c3c2OCCO3)nc2[nH]cc(C(F)(F)F)c12. The molecule has 3 aromatic rings. The zero-order valence-corrected chi connectivity index (χ0v) is 20.4. The van der Waals surface area contributed by atoms with Crippen LogP contribution in [0.2, 0.25) is 0 Å². The van der Waals surface area contributed by atoms with Crippen molar-refractivity contribution in [3.63, 3.8) is 0 Å². The zero-order valence-electron chi connectivity index (χ0n) is 20.4. The molecule has 37 heavy (non-hydrogen) atoms. The molecule has 1 saturated heterocycles. The van der Waals surface area contributed by atoms with Crippen LogP contribution in [0.15, 0.2) is 18.3 Å². The molecule has 0 aliphatic carbocycles. The Morgan fingerprint density at radius 2 is 1.84 bits per heavy atom. The van der Waals surface area contributed by atoms with E-state index in [2.05, 4.69) is 25.6 Å². The molecule has 10 nitrogen and oxygen atoms in total. The Bertz CT molecular complexity index is 1300. The molecule has 3 N–H and O–H groups in total. The Kier molecular flexibility index (Phi) is 6.71. The average molecular weight is 521 g/mol. The number of aromatic nitrogens is 3. The molecule has 198 valence electrons. The number of H-pyrrole nitrogens is 1. The molecule has 1 amide bonds. The van der Waals surface area contributed by atoms with Crippen molar-refractivity contribution in [1.29, 1.82) is 0 Å². The van der Waals surface area contributed by atoms with Crippen LogP contribution in [0.1, 0.15) is 29.8 Å². The molecule has 2 aliphatic rings. The molecule has 0 bridgehead atoms. The number of carbonyl (C=O) groups excluding carboxylic acids is 1. The monoisotopic (exact) mass is 520 g/mol. The van der Waals surface area contributed by atoms with Gasteiger partial charge in [0, 0.05) is 25.8 Å². The van der Waals surface area contributed by atoms with E-state index in [4.69, 9.17) is 14.2 Å². The highest BCUT2D eigenvalue weighted by Crippen LogP contribution is 2.43. The number of halogens is 3. The lowest BCUT2D eigenvalue weighted by Gasteiger charge is -2.29. The molecule has 0 saturated carbocycles. The lowest BCUT2D eigenvalue weighted by atomic mass is 10.1. The number of nitrogens with zero attached hydrogens (tertiary/aromatic N) is 3. The summed E-state index contributed by atoms with van der Waals surface area (Å²) >= 11 is 0. The van der Waals surface area contributed by atoms with Gasteiger partial charge >= 0.3 is 6.18 Å². The summed E-state index contributed by atoms with van der Waals surface area (Å²) in [6, 6.07) is 3.27. The fraction of sp³-hybridized carbons (Fsp3) is 0.458. The van der Waals surface area contributed by atoms with Crippen LogP contribution in [-0.4, -0.2) is 71.8 Å². The van der Waals surface area contributed by atoms with Gasteiger partial charge < -0.3 is 34.7 Å². The van der Waals surface area contributed by atoms with Gasteiger partial charge in [-0.25, -0.2) is 0 Å². The predicted molar refractivity (Wildman–Crippen MR) is 130 cm³/mol. The number of anilines is 3. The zero-order chi connectivity index (χ0) is 26.2. The Hall–Kier alpha value is -3.74. The van der Waals surface area contributed by atoms with E-state index in [1.807, 2.05) is 13.8 Å². The van der Waals surface area contributed by atoms with E-state index in [1.54, 1.807) is 17.0 Å². The van der Waals surface area contributed by atoms with Gasteiger partial charge in [-0.2, -0.15) is 23.1 Å². The van der Waals surface area contributed by atoms with Crippen molar-refractivity contribution in [2.45, 2.75) is 20.0 Å². The Labute approximate surface area is 210 Å². The first-order chi connectivity index (χ1) is 17.7. The predicted octanol–water partition coefficient (Wildman–Crippen LogP) is 4.03. The maximum atomic E-state index is 13.6. The van der Waals surface area contributed by atoms with Gasteiger partial charge in [0.15, 0.2) is 11.5 Å². The molecular formula is C24H27F3N6O4. The maximum absolute atomic E-state index is 13.6. The number of rotatable bonds is 6. The van der Waals surface area contributed by atoms with Gasteiger partial charge in [-0.1, -0.05) is 13.8 Å². The van der Waals surface area contributed by atoms with Crippen LogP contribution in [0, 0.1) is 5.92 Å². The molecule has 2 aliphatic heterocycles. The second-order valence-electron chi connectivity index (χ2n) is 9.14. The number of carbonyl (C=O) groups is 1. The maximum Gasteiger partial charge on any atom is 0.418 e. The highest BCUT2D eigenvalue weighted by Gasteiger charge is 2.36. The average Bonchev–Trinajstić information content (AvgIpc) is 3.32. The first kappa shape index (κ1) is 24.9. The Balaban J connectivity index is 1.51. The molecular weight excluding hydrogens is 493 g/mol. The first-order valence-corrected chi connectivity index (χ1v) is 12.0. The van der Waals surface area contributed by atoms with E-state index in [1.165, 1.54) is 0 Å². The van der Waals surface area contributed by atoms with E-state index in [0.717, 1.165) is 6.20 Å². The van der Waals surface area contributed by atoms with Gasteiger partial charge in [-0.3, -0.25) is 4.79 Å². The van der Waals surface area contributed by atoms with Crippen LogP contribution in [0.5, 0.6) is 11.5 Å². The molecule has 2 aromatic heterocycles. The summed E-state index contributed by atoms with van der Waals surface area (Å²) in [5, 5.41) is 5.91. The topological polar surface area (TPSA) is 114 Å². The van der Waals surface area contributed by atoms with Gasteiger partial charge in [-0.05, 0) is 18.1 Å². The van der Waals surface area contributed by atoms with Crippen molar-refractivity contribution in [1.82, 2.24) is 19.9 Å². The number of amides is 1. The second kappa shape index (κ2) is 9.96. The Morgan fingerprint density at radius 1 is 1.11 bits per heavy atom. The van der Waals surface area contributed by atoms with Crippen LogP contribution in [-0.2, 0) is 10.9 Å². The number of hydrogen-bond acceptors (Lipinski definition) is 8. The van der Waals surface area contributed by atoms with E-state index in [9.17, 15) is 18.0 Å². The number of morpholine rings is 1. The lowest BCUT2D eigenvalue weighted by Crippen LogP contribution is -2.41. The van der Waals surface area contributed by atoms with Gasteiger partial charge in [0.25, 0.3) is 5.91 Å². The minimum absolute atomic E-state index is 0.0289. The summed E-state index contributed by atoms with van der Waals surface area (Å²) in [4.78, 5) is 26.0. The molecule has 1 fully saturated rings. The second-order valence-corrected chi connectivity index (χ2v) is 9.14. The van der Waals surface area contributed by atoms with Crippen molar-refractivity contribution in [2.75, 3.05) is 56.7 Å². The molecule has 5 rings (SSSR count). The minimum Gasteiger partial charge on any atom is -0.485 e. The summed E-state index contributed by atoms with van der Waals surface area (Å²) in [6.07, 6.45) is -3.69. The van der Waals surface area contributed by atoms with Crippen molar-refractivity contribution in [2.24, 2.45) is 5.92 Å². The van der Waals surface area contributed by atoms with Gasteiger partial charge in [0.05, 0.1) is 35.4 Å². The largest absolute Gasteiger partial charge is 0.485 e. The molecule has 0 atom stereocenters. The number of nitrogens with one attached hydrogen (secondary N) is 3. The molecule has 0 unspecified atom stereocenters. The quantitative estimate of drug-likeness (QED) is 0.447.